The van der Waals surface area contributed by atoms with Crippen molar-refractivity contribution in [3.63, 3.8) is 0 Å². The number of halogens is 4. The van der Waals surface area contributed by atoms with E-state index in [-0.39, 0.29) is 54.8 Å². The normalized spacial score (nSPS) is 12.4. The van der Waals surface area contributed by atoms with E-state index < -0.39 is 5.91 Å². The van der Waals surface area contributed by atoms with Crippen molar-refractivity contribution >= 4 is 88.4 Å². The highest BCUT2D eigenvalue weighted by atomic mass is 35.5. The molecule has 1 aliphatic heterocycles. The highest BCUT2D eigenvalue weighted by Crippen LogP contribution is 2.35. The molecule has 0 bridgehead atoms. The number of anilines is 1. The standard InChI is InChI=1S/C33H31Cl2N5O4.2ClH/c1-21-8-11-23-6-5-7-28(32(23)38-21)44-20-24-25(34)12-14-27(31(24)35)39(2)30(42)19-37-29(41)15-10-22-9-13-26(36-18-22)33(43)40-16-3-4-17-40;;/h5-15,18H,3-4,16-17,19-20H2,1-2H3,(H,37,41);2*1H. The van der Waals surface area contributed by atoms with Gasteiger partial charge in [-0.25, -0.2) is 4.98 Å². The number of hydrogen-bond donors (Lipinski definition) is 1. The smallest absolute Gasteiger partial charge is 0.272 e. The average molecular weight is 705 g/mol. The number of aromatic nitrogens is 2. The SMILES string of the molecule is Cc1ccc2cccc(OCc3c(Cl)ccc(N(C)C(=O)CNC(=O)C=Cc4ccc(C(=O)N5CCCC5)nc4)c3Cl)c2n1.Cl.Cl. The van der Waals surface area contributed by atoms with Crippen molar-refractivity contribution in [1.82, 2.24) is 20.2 Å². The molecule has 242 valence electrons. The van der Waals surface area contributed by atoms with Crippen molar-refractivity contribution in [2.24, 2.45) is 0 Å². The maximum Gasteiger partial charge on any atom is 0.272 e. The Hall–Kier alpha value is -3.89. The van der Waals surface area contributed by atoms with Gasteiger partial charge in [-0.05, 0) is 61.7 Å². The summed E-state index contributed by atoms with van der Waals surface area (Å²) in [5, 5.41) is 4.19. The van der Waals surface area contributed by atoms with Gasteiger partial charge in [0, 0.05) is 54.1 Å². The Balaban J connectivity index is 0.00000288. The Bertz CT molecular complexity index is 1740. The molecule has 2 aromatic heterocycles. The monoisotopic (exact) mass is 703 g/mol. The van der Waals surface area contributed by atoms with Crippen molar-refractivity contribution in [2.45, 2.75) is 26.4 Å². The third kappa shape index (κ3) is 8.67. The molecule has 0 saturated carbocycles. The van der Waals surface area contributed by atoms with Crippen LogP contribution in [0.1, 0.15) is 40.2 Å². The quantitative estimate of drug-likeness (QED) is 0.195. The summed E-state index contributed by atoms with van der Waals surface area (Å²) < 4.78 is 6.08. The third-order valence-corrected chi connectivity index (χ3v) is 8.11. The predicted octanol–water partition coefficient (Wildman–Crippen LogP) is 6.70. The maximum atomic E-state index is 12.9. The van der Waals surface area contributed by atoms with Gasteiger partial charge in [0.1, 0.15) is 23.6 Å². The Morgan fingerprint density at radius 2 is 1.78 bits per heavy atom. The van der Waals surface area contributed by atoms with E-state index >= 15 is 0 Å². The van der Waals surface area contributed by atoms with E-state index in [2.05, 4.69) is 15.3 Å². The van der Waals surface area contributed by atoms with Gasteiger partial charge in [0.25, 0.3) is 5.91 Å². The Morgan fingerprint density at radius 1 is 1.02 bits per heavy atom. The lowest BCUT2D eigenvalue weighted by Gasteiger charge is -2.21. The summed E-state index contributed by atoms with van der Waals surface area (Å²) in [7, 11) is 1.57. The molecule has 0 atom stereocenters. The number of ether oxygens (including phenoxy) is 1. The molecule has 5 rings (SSSR count). The average Bonchev–Trinajstić information content (AvgIpc) is 3.57. The first kappa shape index (κ1) is 36.6. The fourth-order valence-electron chi connectivity index (χ4n) is 4.82. The number of rotatable bonds is 9. The molecule has 9 nitrogen and oxygen atoms in total. The van der Waals surface area contributed by atoms with E-state index in [0.717, 1.165) is 42.5 Å². The minimum atomic E-state index is -0.459. The molecule has 13 heteroatoms. The van der Waals surface area contributed by atoms with Gasteiger partial charge in [0.15, 0.2) is 0 Å². The van der Waals surface area contributed by atoms with E-state index in [1.54, 1.807) is 42.3 Å². The molecular weight excluding hydrogens is 672 g/mol. The predicted molar refractivity (Wildman–Crippen MR) is 187 cm³/mol. The molecule has 4 aromatic rings. The van der Waals surface area contributed by atoms with E-state index in [9.17, 15) is 14.4 Å². The Morgan fingerprint density at radius 3 is 2.50 bits per heavy atom. The molecule has 3 heterocycles. The van der Waals surface area contributed by atoms with Gasteiger partial charge < -0.3 is 19.9 Å². The number of amides is 3. The van der Waals surface area contributed by atoms with Crippen LogP contribution in [0.2, 0.25) is 10.0 Å². The van der Waals surface area contributed by atoms with Crippen molar-refractivity contribution in [2.75, 3.05) is 31.6 Å². The summed E-state index contributed by atoms with van der Waals surface area (Å²) in [4.78, 5) is 49.8. The molecule has 1 N–H and O–H groups in total. The number of nitrogens with zero attached hydrogens (tertiary/aromatic N) is 4. The number of fused-ring (bicyclic) bond motifs is 1. The lowest BCUT2D eigenvalue weighted by molar-refractivity contribution is -0.122. The van der Waals surface area contributed by atoms with Crippen LogP contribution in [0.3, 0.4) is 0 Å². The molecule has 1 fully saturated rings. The number of para-hydroxylation sites is 1. The van der Waals surface area contributed by atoms with Gasteiger partial charge >= 0.3 is 0 Å². The summed E-state index contributed by atoms with van der Waals surface area (Å²) in [5.74, 6) is -0.343. The van der Waals surface area contributed by atoms with Crippen molar-refractivity contribution in [3.05, 3.63) is 99.4 Å². The number of nitrogens with one attached hydrogen (secondary N) is 1. The molecule has 3 amide bonds. The van der Waals surface area contributed by atoms with Crippen LogP contribution in [-0.2, 0) is 16.2 Å². The molecule has 46 heavy (non-hydrogen) atoms. The second-order valence-electron chi connectivity index (χ2n) is 10.4. The lowest BCUT2D eigenvalue weighted by atomic mass is 10.1. The number of benzene rings is 2. The maximum absolute atomic E-state index is 12.9. The highest BCUT2D eigenvalue weighted by molar-refractivity contribution is 6.38. The molecule has 0 unspecified atom stereocenters. The lowest BCUT2D eigenvalue weighted by Crippen LogP contribution is -2.37. The zero-order valence-corrected chi connectivity index (χ0v) is 28.3. The van der Waals surface area contributed by atoms with Crippen LogP contribution in [0.5, 0.6) is 5.75 Å². The van der Waals surface area contributed by atoms with Crippen LogP contribution in [0.4, 0.5) is 5.69 Å². The molecule has 1 aliphatic rings. The molecule has 0 aliphatic carbocycles. The van der Waals surface area contributed by atoms with Gasteiger partial charge in [-0.3, -0.25) is 19.4 Å². The molecule has 2 aromatic carbocycles. The Labute approximate surface area is 289 Å². The van der Waals surface area contributed by atoms with Gasteiger partial charge in [0.2, 0.25) is 11.8 Å². The number of pyridine rings is 2. The largest absolute Gasteiger partial charge is 0.487 e. The number of carbonyl (C=O) groups excluding carboxylic acids is 3. The second kappa shape index (κ2) is 16.6. The highest BCUT2D eigenvalue weighted by Gasteiger charge is 2.21. The number of likely N-dealkylation sites (N-methyl/N-ethyl adjacent to an activating group) is 1. The number of carbonyl (C=O) groups is 3. The summed E-state index contributed by atoms with van der Waals surface area (Å²) in [6, 6.07) is 16.2. The van der Waals surface area contributed by atoms with Crippen LogP contribution in [-0.4, -0.2) is 59.3 Å². The van der Waals surface area contributed by atoms with Crippen LogP contribution < -0.4 is 15.0 Å². The first-order valence-electron chi connectivity index (χ1n) is 14.1. The van der Waals surface area contributed by atoms with Crippen molar-refractivity contribution in [3.8, 4) is 5.75 Å². The van der Waals surface area contributed by atoms with Gasteiger partial charge in [-0.15, -0.1) is 24.8 Å². The van der Waals surface area contributed by atoms with E-state index in [1.807, 2.05) is 37.3 Å². The summed E-state index contributed by atoms with van der Waals surface area (Å²) >= 11 is 13.2. The number of aryl methyl sites for hydroxylation is 1. The van der Waals surface area contributed by atoms with Crippen LogP contribution >= 0.6 is 48.0 Å². The summed E-state index contributed by atoms with van der Waals surface area (Å²) in [6.07, 6.45) is 6.42. The molecular formula is C33H33Cl4N5O4. The molecule has 1 saturated heterocycles. The zero-order valence-electron chi connectivity index (χ0n) is 25.2. The van der Waals surface area contributed by atoms with Crippen LogP contribution in [0.15, 0.2) is 66.9 Å². The van der Waals surface area contributed by atoms with Crippen LogP contribution in [0, 0.1) is 6.92 Å². The molecule has 0 radical (unpaired) electrons. The minimum absolute atomic E-state index is 0. The summed E-state index contributed by atoms with van der Waals surface area (Å²) in [6.45, 7) is 3.22. The Kier molecular flexibility index (Phi) is 13.2. The van der Waals surface area contributed by atoms with E-state index in [1.165, 1.54) is 17.2 Å². The van der Waals surface area contributed by atoms with Crippen molar-refractivity contribution < 1.29 is 19.1 Å². The zero-order chi connectivity index (χ0) is 31.2. The number of hydrogen-bond acceptors (Lipinski definition) is 6. The second-order valence-corrected chi connectivity index (χ2v) is 11.2. The van der Waals surface area contributed by atoms with Crippen molar-refractivity contribution in [1.29, 1.82) is 0 Å². The fraction of sp³-hybridized carbons (Fsp3) is 0.242. The fourth-order valence-corrected chi connectivity index (χ4v) is 5.43. The number of likely N-dealkylation sites (tertiary alicyclic amines) is 1. The van der Waals surface area contributed by atoms with Gasteiger partial charge in [0.05, 0.1) is 17.3 Å². The molecule has 0 spiro atoms. The first-order valence-corrected chi connectivity index (χ1v) is 14.9. The first-order chi connectivity index (χ1) is 21.2. The minimum Gasteiger partial charge on any atom is -0.487 e. The van der Waals surface area contributed by atoms with E-state index in [4.69, 9.17) is 27.9 Å². The van der Waals surface area contributed by atoms with Gasteiger partial charge in [-0.2, -0.15) is 0 Å². The van der Waals surface area contributed by atoms with E-state index in [0.29, 0.717) is 33.3 Å². The van der Waals surface area contributed by atoms with Crippen LogP contribution in [0.25, 0.3) is 17.0 Å². The summed E-state index contributed by atoms with van der Waals surface area (Å²) in [5.41, 5.74) is 3.56. The topological polar surface area (TPSA) is 105 Å². The third-order valence-electron chi connectivity index (χ3n) is 7.34. The van der Waals surface area contributed by atoms with Gasteiger partial charge in [-0.1, -0.05) is 47.5 Å².